The summed E-state index contributed by atoms with van der Waals surface area (Å²) in [6.45, 7) is 0. The number of para-hydroxylation sites is 2. The Morgan fingerprint density at radius 2 is 1.17 bits per heavy atom. The van der Waals surface area contributed by atoms with Crippen LogP contribution in [0.2, 0.25) is 0 Å². The number of rotatable bonds is 2. The molecule has 3 heterocycles. The summed E-state index contributed by atoms with van der Waals surface area (Å²) in [5.74, 6) is 0. The topological polar surface area (TPSA) is 69.8 Å². The van der Waals surface area contributed by atoms with Crippen molar-refractivity contribution in [1.82, 2.24) is 19.1 Å². The Morgan fingerprint density at radius 3 is 1.89 bits per heavy atom. The second-order valence-corrected chi connectivity index (χ2v) is 8.64. The van der Waals surface area contributed by atoms with Gasteiger partial charge >= 0.3 is 0 Å². The summed E-state index contributed by atoms with van der Waals surface area (Å²) in [6.07, 6.45) is 3.25. The van der Waals surface area contributed by atoms with Crippen LogP contribution in [0, 0.1) is 0 Å². The summed E-state index contributed by atoms with van der Waals surface area (Å²) >= 11 is 0. The molecule has 0 aliphatic heterocycles. The molecule has 0 aliphatic carbocycles. The number of aromatic nitrogens is 4. The molecule has 0 N–H and O–H groups in total. The second-order valence-electron chi connectivity index (χ2n) is 8.64. The number of hydrogen-bond donors (Lipinski definition) is 0. The van der Waals surface area contributed by atoms with E-state index in [0.29, 0.717) is 27.5 Å². The van der Waals surface area contributed by atoms with Crippen molar-refractivity contribution in [2.45, 2.75) is 0 Å². The lowest BCUT2D eigenvalue weighted by Crippen LogP contribution is -2.28. The Kier molecular flexibility index (Phi) is 4.35. The molecular weight excluding hydrogens is 448 g/mol. The second kappa shape index (κ2) is 7.71. The van der Waals surface area contributed by atoms with E-state index in [1.54, 1.807) is 24.4 Å². The summed E-state index contributed by atoms with van der Waals surface area (Å²) in [7, 11) is 0. The molecule has 7 aromatic rings. The molecule has 6 nitrogen and oxygen atoms in total. The van der Waals surface area contributed by atoms with Crippen LogP contribution in [-0.2, 0) is 0 Å². The van der Waals surface area contributed by atoms with Crippen LogP contribution in [0.5, 0.6) is 0 Å². The zero-order chi connectivity index (χ0) is 24.2. The van der Waals surface area contributed by atoms with Crippen LogP contribution in [0.25, 0.3) is 54.9 Å². The van der Waals surface area contributed by atoms with Crippen molar-refractivity contribution in [2.24, 2.45) is 0 Å². The Labute approximate surface area is 204 Å². The van der Waals surface area contributed by atoms with Gasteiger partial charge in [-0.1, -0.05) is 60.7 Å². The lowest BCUT2D eigenvalue weighted by Gasteiger charge is -2.07. The van der Waals surface area contributed by atoms with E-state index in [0.717, 1.165) is 27.4 Å². The van der Waals surface area contributed by atoms with Crippen molar-refractivity contribution >= 4 is 43.5 Å². The van der Waals surface area contributed by atoms with Gasteiger partial charge in [0.1, 0.15) is 12.0 Å². The van der Waals surface area contributed by atoms with E-state index in [1.165, 1.54) is 10.9 Å². The summed E-state index contributed by atoms with van der Waals surface area (Å²) < 4.78 is 3.31. The SMILES string of the molecule is O=c1c2ccccc2c2ccc3c(c4cncnc4n3-c3ccccc3)c2c(=O)n1-c1ccccc1. The normalized spacial score (nSPS) is 11.6. The average Bonchev–Trinajstić information content (AvgIpc) is 3.23. The third-order valence-corrected chi connectivity index (χ3v) is 6.69. The molecule has 0 unspecified atom stereocenters. The van der Waals surface area contributed by atoms with Gasteiger partial charge in [-0.2, -0.15) is 0 Å². The molecule has 3 aromatic heterocycles. The van der Waals surface area contributed by atoms with Gasteiger partial charge in [-0.25, -0.2) is 14.5 Å². The zero-order valence-electron chi connectivity index (χ0n) is 19.0. The highest BCUT2D eigenvalue weighted by Gasteiger charge is 2.20. The van der Waals surface area contributed by atoms with E-state index < -0.39 is 0 Å². The lowest BCUT2D eigenvalue weighted by molar-refractivity contribution is 0.977. The van der Waals surface area contributed by atoms with Gasteiger partial charge in [0.2, 0.25) is 0 Å². The fourth-order valence-electron chi connectivity index (χ4n) is 5.17. The molecule has 0 spiro atoms. The molecule has 7 rings (SSSR count). The highest BCUT2D eigenvalue weighted by molar-refractivity contribution is 6.23. The third kappa shape index (κ3) is 2.78. The maximum atomic E-state index is 14.4. The highest BCUT2D eigenvalue weighted by atomic mass is 16.2. The number of nitrogens with zero attached hydrogens (tertiary/aromatic N) is 4. The molecule has 0 atom stereocenters. The molecule has 0 amide bonds. The van der Waals surface area contributed by atoms with Crippen molar-refractivity contribution in [3.05, 3.63) is 130 Å². The number of hydrogen-bond acceptors (Lipinski definition) is 4. The molecule has 4 aromatic carbocycles. The average molecular weight is 467 g/mol. The van der Waals surface area contributed by atoms with Crippen LogP contribution in [0.1, 0.15) is 0 Å². The molecule has 6 heteroatoms. The van der Waals surface area contributed by atoms with E-state index in [1.807, 2.05) is 83.4 Å². The first-order valence-electron chi connectivity index (χ1n) is 11.6. The summed E-state index contributed by atoms with van der Waals surface area (Å²) in [5, 5.41) is 3.86. The predicted molar refractivity (Wildman–Crippen MR) is 143 cm³/mol. The van der Waals surface area contributed by atoms with Crippen LogP contribution in [-0.4, -0.2) is 19.1 Å². The smallest absolute Gasteiger partial charge is 0.266 e. The standard InChI is InChI=1S/C30H18N4O2/c35-29-23-14-8-7-13-21(23)22-15-16-25-26(27(22)30(36)34(29)20-11-5-2-6-12-20)24-17-31-18-32-28(24)33(25)19-9-3-1-4-10-19/h1-18H. The van der Waals surface area contributed by atoms with Crippen LogP contribution in [0.4, 0.5) is 0 Å². The summed E-state index contributed by atoms with van der Waals surface area (Å²) in [5.41, 5.74) is 2.24. The van der Waals surface area contributed by atoms with Crippen LogP contribution in [0.3, 0.4) is 0 Å². The van der Waals surface area contributed by atoms with Crippen molar-refractivity contribution in [1.29, 1.82) is 0 Å². The van der Waals surface area contributed by atoms with Crippen LogP contribution >= 0.6 is 0 Å². The van der Waals surface area contributed by atoms with Crippen molar-refractivity contribution in [3.63, 3.8) is 0 Å². The molecule has 170 valence electrons. The van der Waals surface area contributed by atoms with E-state index >= 15 is 0 Å². The monoisotopic (exact) mass is 466 g/mol. The van der Waals surface area contributed by atoms with Gasteiger partial charge in [0.15, 0.2) is 0 Å². The summed E-state index contributed by atoms with van der Waals surface area (Å²) in [4.78, 5) is 37.1. The first-order chi connectivity index (χ1) is 17.7. The van der Waals surface area contributed by atoms with Crippen molar-refractivity contribution in [3.8, 4) is 11.4 Å². The van der Waals surface area contributed by atoms with E-state index in [9.17, 15) is 9.59 Å². The van der Waals surface area contributed by atoms with Gasteiger partial charge in [-0.3, -0.25) is 14.2 Å². The van der Waals surface area contributed by atoms with Gasteiger partial charge in [-0.15, -0.1) is 0 Å². The highest BCUT2D eigenvalue weighted by Crippen LogP contribution is 2.35. The van der Waals surface area contributed by atoms with Crippen molar-refractivity contribution < 1.29 is 0 Å². The molecular formula is C30H18N4O2. The molecule has 0 radical (unpaired) electrons. The molecule has 36 heavy (non-hydrogen) atoms. The Balaban J connectivity index is 1.82. The fraction of sp³-hybridized carbons (Fsp3) is 0. The third-order valence-electron chi connectivity index (χ3n) is 6.69. The minimum atomic E-state index is -0.376. The molecule has 0 saturated heterocycles. The maximum absolute atomic E-state index is 14.4. The van der Waals surface area contributed by atoms with E-state index in [4.69, 9.17) is 0 Å². The van der Waals surface area contributed by atoms with Crippen molar-refractivity contribution in [2.75, 3.05) is 0 Å². The minimum absolute atomic E-state index is 0.353. The van der Waals surface area contributed by atoms with E-state index in [-0.39, 0.29) is 11.1 Å². The fourth-order valence-corrected chi connectivity index (χ4v) is 5.17. The maximum Gasteiger partial charge on any atom is 0.266 e. The van der Waals surface area contributed by atoms with Gasteiger partial charge in [0, 0.05) is 28.0 Å². The van der Waals surface area contributed by atoms with E-state index in [2.05, 4.69) is 9.97 Å². The lowest BCUT2D eigenvalue weighted by atomic mass is 10.0. The largest absolute Gasteiger partial charge is 0.294 e. The minimum Gasteiger partial charge on any atom is -0.294 e. The molecule has 0 saturated carbocycles. The van der Waals surface area contributed by atoms with Gasteiger partial charge in [0.05, 0.1) is 16.6 Å². The predicted octanol–water partition coefficient (Wildman–Crippen LogP) is 5.39. The van der Waals surface area contributed by atoms with Gasteiger partial charge < -0.3 is 0 Å². The Bertz CT molecular complexity index is 2080. The van der Waals surface area contributed by atoms with Gasteiger partial charge in [-0.05, 0) is 47.2 Å². The van der Waals surface area contributed by atoms with Crippen LogP contribution in [0.15, 0.2) is 119 Å². The van der Waals surface area contributed by atoms with Gasteiger partial charge in [0.25, 0.3) is 11.1 Å². The first-order valence-corrected chi connectivity index (χ1v) is 11.6. The van der Waals surface area contributed by atoms with Crippen LogP contribution < -0.4 is 11.1 Å². The molecule has 0 bridgehead atoms. The quantitative estimate of drug-likeness (QED) is 0.343. The summed E-state index contributed by atoms with van der Waals surface area (Å²) in [6, 6.07) is 30.3. The molecule has 0 fully saturated rings. The zero-order valence-corrected chi connectivity index (χ0v) is 19.0. The number of fused-ring (bicyclic) bond motifs is 7. The Morgan fingerprint density at radius 1 is 0.528 bits per heavy atom. The first kappa shape index (κ1) is 20.3. The number of benzene rings is 4. The Hall–Kier alpha value is -5.10. The molecule has 0 aliphatic rings.